The molecule has 0 bridgehead atoms. The Morgan fingerprint density at radius 2 is 2.00 bits per heavy atom. The van der Waals surface area contributed by atoms with Crippen LogP contribution in [0.25, 0.3) is 11.3 Å². The summed E-state index contributed by atoms with van der Waals surface area (Å²) in [5.74, 6) is 0.280. The largest absolute Gasteiger partial charge is 0.376 e. The smallest absolute Gasteiger partial charge is 0.234 e. The number of nitrogens with zero attached hydrogens (tertiary/aromatic N) is 2. The van der Waals surface area contributed by atoms with Crippen molar-refractivity contribution in [1.29, 1.82) is 0 Å². The lowest BCUT2D eigenvalue weighted by atomic mass is 10.1. The van der Waals surface area contributed by atoms with Crippen molar-refractivity contribution >= 4 is 23.4 Å². The highest BCUT2D eigenvalue weighted by molar-refractivity contribution is 7.99. The molecule has 1 saturated heterocycles. The Morgan fingerprint density at radius 1 is 1.21 bits per heavy atom. The van der Waals surface area contributed by atoms with Gasteiger partial charge < -0.3 is 14.6 Å². The summed E-state index contributed by atoms with van der Waals surface area (Å²) in [5, 5.41) is 3.84. The number of imidazole rings is 1. The maximum atomic E-state index is 12.5. The third-order valence-corrected chi connectivity index (χ3v) is 6.04. The Labute approximate surface area is 175 Å². The quantitative estimate of drug-likeness (QED) is 0.573. The number of aryl methyl sites for hydroxylation is 1. The number of aromatic nitrogens is 2. The van der Waals surface area contributed by atoms with Crippen LogP contribution >= 0.6 is 11.8 Å². The number of anilines is 1. The number of carbonyl (C=O) groups is 1. The maximum absolute atomic E-state index is 12.5. The first-order valence-corrected chi connectivity index (χ1v) is 10.9. The van der Waals surface area contributed by atoms with Crippen LogP contribution < -0.4 is 5.32 Å². The molecule has 1 aromatic heterocycles. The van der Waals surface area contributed by atoms with Crippen LogP contribution in [0, 0.1) is 6.92 Å². The number of nitrogens with one attached hydrogen (secondary N) is 1. The van der Waals surface area contributed by atoms with Crippen molar-refractivity contribution in [2.24, 2.45) is 0 Å². The molecule has 150 valence electrons. The molecule has 1 aliphatic heterocycles. The highest BCUT2D eigenvalue weighted by atomic mass is 32.2. The molecule has 29 heavy (non-hydrogen) atoms. The average Bonchev–Trinajstić information content (AvgIpc) is 3.39. The lowest BCUT2D eigenvalue weighted by molar-refractivity contribution is -0.113. The molecule has 0 unspecified atom stereocenters. The van der Waals surface area contributed by atoms with Crippen molar-refractivity contribution in [3.63, 3.8) is 0 Å². The number of hydrogen-bond donors (Lipinski definition) is 1. The first-order valence-electron chi connectivity index (χ1n) is 9.91. The minimum atomic E-state index is -0.0303. The van der Waals surface area contributed by atoms with Gasteiger partial charge in [-0.2, -0.15) is 0 Å². The number of hydrogen-bond acceptors (Lipinski definition) is 4. The van der Waals surface area contributed by atoms with Crippen molar-refractivity contribution < 1.29 is 9.53 Å². The van der Waals surface area contributed by atoms with Gasteiger partial charge in [0.15, 0.2) is 5.16 Å². The second kappa shape index (κ2) is 9.29. The van der Waals surface area contributed by atoms with E-state index in [-0.39, 0.29) is 12.0 Å². The van der Waals surface area contributed by atoms with Gasteiger partial charge in [-0.05, 0) is 37.0 Å². The fourth-order valence-electron chi connectivity index (χ4n) is 3.51. The van der Waals surface area contributed by atoms with Gasteiger partial charge in [-0.25, -0.2) is 4.98 Å². The van der Waals surface area contributed by atoms with Gasteiger partial charge in [0, 0.05) is 12.3 Å². The van der Waals surface area contributed by atoms with E-state index in [9.17, 15) is 4.79 Å². The number of amides is 1. The molecule has 5 nitrogen and oxygen atoms in total. The molecule has 2 heterocycles. The molecule has 1 fully saturated rings. The molecule has 1 N–H and O–H groups in total. The molecule has 0 saturated carbocycles. The molecule has 4 rings (SSSR count). The summed E-state index contributed by atoms with van der Waals surface area (Å²) in [6.07, 6.45) is 4.25. The second-order valence-electron chi connectivity index (χ2n) is 7.19. The first kappa shape index (κ1) is 19.7. The molecule has 0 aliphatic carbocycles. The van der Waals surface area contributed by atoms with E-state index in [0.29, 0.717) is 5.75 Å². The van der Waals surface area contributed by atoms with Crippen molar-refractivity contribution in [1.82, 2.24) is 9.55 Å². The first-order chi connectivity index (χ1) is 14.2. The van der Waals surface area contributed by atoms with Crippen LogP contribution in [0.3, 0.4) is 0 Å². The van der Waals surface area contributed by atoms with Gasteiger partial charge in [-0.3, -0.25) is 4.79 Å². The summed E-state index contributed by atoms with van der Waals surface area (Å²) < 4.78 is 8.04. The van der Waals surface area contributed by atoms with E-state index in [2.05, 4.69) is 27.0 Å². The monoisotopic (exact) mass is 407 g/mol. The van der Waals surface area contributed by atoms with Crippen LogP contribution in [-0.4, -0.2) is 33.9 Å². The molecule has 2 aromatic carbocycles. The van der Waals surface area contributed by atoms with Crippen LogP contribution in [0.5, 0.6) is 0 Å². The Bertz CT molecular complexity index is 965. The van der Waals surface area contributed by atoms with E-state index in [0.717, 1.165) is 53.7 Å². The molecule has 6 heteroatoms. The molecule has 1 amide bonds. The Kier molecular flexibility index (Phi) is 6.32. The van der Waals surface area contributed by atoms with Gasteiger partial charge in [-0.1, -0.05) is 60.3 Å². The van der Waals surface area contributed by atoms with Crippen LogP contribution in [0.1, 0.15) is 18.4 Å². The van der Waals surface area contributed by atoms with Gasteiger partial charge in [0.1, 0.15) is 0 Å². The third-order valence-electron chi connectivity index (χ3n) is 5.05. The number of rotatable bonds is 7. The predicted octanol–water partition coefficient (Wildman–Crippen LogP) is 4.77. The van der Waals surface area contributed by atoms with Gasteiger partial charge in [-0.15, -0.1) is 0 Å². The average molecular weight is 408 g/mol. The van der Waals surface area contributed by atoms with Crippen molar-refractivity contribution in [2.75, 3.05) is 17.7 Å². The fourth-order valence-corrected chi connectivity index (χ4v) is 4.30. The lowest BCUT2D eigenvalue weighted by Gasteiger charge is -2.16. The summed E-state index contributed by atoms with van der Waals surface area (Å²) in [6.45, 7) is 3.57. The number of benzene rings is 2. The minimum Gasteiger partial charge on any atom is -0.376 e. The summed E-state index contributed by atoms with van der Waals surface area (Å²) in [5.41, 5.74) is 4.08. The minimum absolute atomic E-state index is 0.0303. The van der Waals surface area contributed by atoms with Crippen LogP contribution in [0.15, 0.2) is 66.0 Å². The Hall–Kier alpha value is -2.57. The molecule has 0 radical (unpaired) electrons. The summed E-state index contributed by atoms with van der Waals surface area (Å²) in [4.78, 5) is 17.1. The zero-order chi connectivity index (χ0) is 20.1. The van der Waals surface area contributed by atoms with Crippen LogP contribution in [-0.2, 0) is 16.1 Å². The standard InChI is InChI=1S/C23H25N3O2S/c1-17-8-5-6-12-20(17)25-22(27)16-29-23-24-14-21(18-9-3-2-4-10-18)26(23)15-19-11-7-13-28-19/h2-6,8-10,12,14,19H,7,11,13,15-16H2,1H3,(H,25,27)/t19-/m1/s1. The maximum Gasteiger partial charge on any atom is 0.234 e. The zero-order valence-corrected chi connectivity index (χ0v) is 17.3. The van der Waals surface area contributed by atoms with Gasteiger partial charge in [0.25, 0.3) is 0 Å². The number of thioether (sulfide) groups is 1. The molecular formula is C23H25N3O2S. The second-order valence-corrected chi connectivity index (χ2v) is 8.13. The SMILES string of the molecule is Cc1ccccc1NC(=O)CSc1ncc(-c2ccccc2)n1C[C@H]1CCCO1. The number of para-hydroxylation sites is 1. The van der Waals surface area contributed by atoms with E-state index >= 15 is 0 Å². The molecule has 3 aromatic rings. The normalized spacial score (nSPS) is 16.1. The topological polar surface area (TPSA) is 56.2 Å². The van der Waals surface area contributed by atoms with Crippen molar-refractivity contribution in [3.8, 4) is 11.3 Å². The molecule has 1 atom stereocenters. The number of carbonyl (C=O) groups excluding carboxylic acids is 1. The fraction of sp³-hybridized carbons (Fsp3) is 0.304. The van der Waals surface area contributed by atoms with Crippen molar-refractivity contribution in [2.45, 2.75) is 37.6 Å². The number of ether oxygens (including phenoxy) is 1. The van der Waals surface area contributed by atoms with E-state index < -0.39 is 0 Å². The Morgan fingerprint density at radius 3 is 2.76 bits per heavy atom. The molecule has 0 spiro atoms. The van der Waals surface area contributed by atoms with E-state index in [1.807, 2.05) is 55.6 Å². The van der Waals surface area contributed by atoms with Crippen LogP contribution in [0.4, 0.5) is 5.69 Å². The third kappa shape index (κ3) is 4.89. The van der Waals surface area contributed by atoms with Gasteiger partial charge >= 0.3 is 0 Å². The zero-order valence-electron chi connectivity index (χ0n) is 16.5. The highest BCUT2D eigenvalue weighted by Gasteiger charge is 2.21. The summed E-state index contributed by atoms with van der Waals surface area (Å²) in [6, 6.07) is 18.0. The molecule has 1 aliphatic rings. The van der Waals surface area contributed by atoms with Crippen molar-refractivity contribution in [3.05, 3.63) is 66.4 Å². The van der Waals surface area contributed by atoms with Gasteiger partial charge in [0.05, 0.1) is 30.3 Å². The Balaban J connectivity index is 1.49. The van der Waals surface area contributed by atoms with Gasteiger partial charge in [0.2, 0.25) is 5.91 Å². The summed E-state index contributed by atoms with van der Waals surface area (Å²) >= 11 is 1.46. The van der Waals surface area contributed by atoms with E-state index in [1.165, 1.54) is 11.8 Å². The summed E-state index contributed by atoms with van der Waals surface area (Å²) in [7, 11) is 0. The molecular weight excluding hydrogens is 382 g/mol. The van der Waals surface area contributed by atoms with E-state index in [1.54, 1.807) is 0 Å². The van der Waals surface area contributed by atoms with Crippen LogP contribution in [0.2, 0.25) is 0 Å². The predicted molar refractivity (Wildman–Crippen MR) is 117 cm³/mol. The lowest BCUT2D eigenvalue weighted by Crippen LogP contribution is -2.18. The highest BCUT2D eigenvalue weighted by Crippen LogP contribution is 2.28. The van der Waals surface area contributed by atoms with E-state index in [4.69, 9.17) is 4.74 Å².